The Labute approximate surface area is 186 Å². The molecule has 0 bridgehead atoms. The summed E-state index contributed by atoms with van der Waals surface area (Å²) in [6.07, 6.45) is 0.713. The van der Waals surface area contributed by atoms with E-state index >= 15 is 0 Å². The summed E-state index contributed by atoms with van der Waals surface area (Å²) in [5.74, 6) is 0.463. The second-order valence-corrected chi connectivity index (χ2v) is 7.15. The normalized spacial score (nSPS) is 10.4. The molecule has 0 spiro atoms. The Morgan fingerprint density at radius 2 is 1.59 bits per heavy atom. The van der Waals surface area contributed by atoms with E-state index in [-0.39, 0.29) is 23.8 Å². The lowest BCUT2D eigenvalue weighted by Crippen LogP contribution is -2.23. The van der Waals surface area contributed by atoms with Gasteiger partial charge in [0.1, 0.15) is 5.75 Å². The number of nitrogens with one attached hydrogen (secondary N) is 2. The fourth-order valence-corrected chi connectivity index (χ4v) is 3.10. The van der Waals surface area contributed by atoms with Crippen molar-refractivity contribution in [1.29, 1.82) is 0 Å². The number of rotatable bonds is 9. The molecule has 0 unspecified atom stereocenters. The van der Waals surface area contributed by atoms with E-state index in [4.69, 9.17) is 4.74 Å². The first-order chi connectivity index (χ1) is 15.4. The molecule has 3 aromatic rings. The molecule has 1 aromatic heterocycles. The lowest BCUT2D eigenvalue weighted by atomic mass is 10.1. The number of nitrogens with zero attached hydrogens (tertiary/aromatic N) is 2. The topological polar surface area (TPSA) is 102 Å². The minimum atomic E-state index is -0.214. The van der Waals surface area contributed by atoms with Crippen molar-refractivity contribution in [2.45, 2.75) is 33.2 Å². The van der Waals surface area contributed by atoms with E-state index in [2.05, 4.69) is 15.7 Å². The summed E-state index contributed by atoms with van der Waals surface area (Å²) in [4.78, 5) is 35.4. The standard InChI is InChI=1S/C24H26N4O4/c1-3-32-21-12-6-18(7-13-21)22-14-15-24(31)28(27-22)16-4-5-23(30)26-20-10-8-19(9-11-20)25-17(2)29/h6-15H,3-5,16H2,1-2H3,(H,25,29)(H,26,30). The predicted molar refractivity (Wildman–Crippen MR) is 124 cm³/mol. The molecule has 166 valence electrons. The third-order valence-corrected chi connectivity index (χ3v) is 4.59. The third-order valence-electron chi connectivity index (χ3n) is 4.59. The van der Waals surface area contributed by atoms with Gasteiger partial charge in [0.2, 0.25) is 11.8 Å². The number of aromatic nitrogens is 2. The maximum atomic E-state index is 12.2. The van der Waals surface area contributed by atoms with Crippen molar-refractivity contribution in [3.63, 3.8) is 0 Å². The summed E-state index contributed by atoms with van der Waals surface area (Å²) < 4.78 is 6.82. The number of aryl methyl sites for hydroxylation is 1. The second kappa shape index (κ2) is 10.9. The van der Waals surface area contributed by atoms with Crippen molar-refractivity contribution in [3.05, 3.63) is 71.0 Å². The zero-order valence-electron chi connectivity index (χ0n) is 18.1. The Hall–Kier alpha value is -3.94. The van der Waals surface area contributed by atoms with Gasteiger partial charge in [0.15, 0.2) is 0 Å². The number of hydrogen-bond acceptors (Lipinski definition) is 5. The number of amides is 2. The Morgan fingerprint density at radius 1 is 0.938 bits per heavy atom. The number of anilines is 2. The van der Waals surface area contributed by atoms with Gasteiger partial charge in [0.25, 0.3) is 5.56 Å². The SMILES string of the molecule is CCOc1ccc(-c2ccc(=O)n(CCCC(=O)Nc3ccc(NC(C)=O)cc3)n2)cc1. The molecule has 0 aliphatic heterocycles. The average molecular weight is 434 g/mol. The van der Waals surface area contributed by atoms with Crippen LogP contribution in [-0.4, -0.2) is 28.2 Å². The fourth-order valence-electron chi connectivity index (χ4n) is 3.10. The van der Waals surface area contributed by atoms with Crippen LogP contribution in [-0.2, 0) is 16.1 Å². The van der Waals surface area contributed by atoms with Crippen LogP contribution in [0.3, 0.4) is 0 Å². The van der Waals surface area contributed by atoms with E-state index in [1.807, 2.05) is 31.2 Å². The van der Waals surface area contributed by atoms with Crippen molar-refractivity contribution < 1.29 is 14.3 Å². The lowest BCUT2D eigenvalue weighted by Gasteiger charge is -2.09. The van der Waals surface area contributed by atoms with Gasteiger partial charge in [-0.2, -0.15) is 5.10 Å². The van der Waals surface area contributed by atoms with E-state index in [1.165, 1.54) is 17.7 Å². The molecule has 8 heteroatoms. The molecule has 8 nitrogen and oxygen atoms in total. The van der Waals surface area contributed by atoms with Crippen LogP contribution in [0.2, 0.25) is 0 Å². The fraction of sp³-hybridized carbons (Fsp3) is 0.250. The number of benzene rings is 2. The van der Waals surface area contributed by atoms with Crippen molar-refractivity contribution in [2.24, 2.45) is 0 Å². The molecule has 2 aromatic carbocycles. The van der Waals surface area contributed by atoms with Crippen molar-refractivity contribution in [1.82, 2.24) is 9.78 Å². The quantitative estimate of drug-likeness (QED) is 0.535. The maximum Gasteiger partial charge on any atom is 0.266 e. The summed E-state index contributed by atoms with van der Waals surface area (Å²) in [5, 5.41) is 9.90. The van der Waals surface area contributed by atoms with Gasteiger partial charge in [-0.1, -0.05) is 0 Å². The minimum absolute atomic E-state index is 0.155. The molecule has 32 heavy (non-hydrogen) atoms. The molecule has 0 fully saturated rings. The highest BCUT2D eigenvalue weighted by Crippen LogP contribution is 2.20. The van der Waals surface area contributed by atoms with E-state index in [9.17, 15) is 14.4 Å². The van der Waals surface area contributed by atoms with Crippen molar-refractivity contribution in [2.75, 3.05) is 17.2 Å². The van der Waals surface area contributed by atoms with Crippen LogP contribution in [0.15, 0.2) is 65.5 Å². The van der Waals surface area contributed by atoms with Gasteiger partial charge < -0.3 is 15.4 Å². The summed E-state index contributed by atoms with van der Waals surface area (Å²) in [6.45, 7) is 4.29. The Morgan fingerprint density at radius 3 is 2.22 bits per heavy atom. The Balaban J connectivity index is 1.55. The van der Waals surface area contributed by atoms with Crippen LogP contribution in [0.25, 0.3) is 11.3 Å². The van der Waals surface area contributed by atoms with Crippen LogP contribution >= 0.6 is 0 Å². The van der Waals surface area contributed by atoms with Gasteiger partial charge in [-0.25, -0.2) is 4.68 Å². The third kappa shape index (κ3) is 6.53. The predicted octanol–water partition coefficient (Wildman–Crippen LogP) is 3.69. The van der Waals surface area contributed by atoms with E-state index in [0.717, 1.165) is 11.3 Å². The lowest BCUT2D eigenvalue weighted by molar-refractivity contribution is -0.116. The zero-order chi connectivity index (χ0) is 22.9. The van der Waals surface area contributed by atoms with Crippen molar-refractivity contribution in [3.8, 4) is 17.0 Å². The van der Waals surface area contributed by atoms with Crippen LogP contribution in [0.4, 0.5) is 11.4 Å². The highest BCUT2D eigenvalue weighted by Gasteiger charge is 2.07. The largest absolute Gasteiger partial charge is 0.494 e. The molecule has 2 N–H and O–H groups in total. The molecular formula is C24H26N4O4. The maximum absolute atomic E-state index is 12.2. The molecule has 0 atom stereocenters. The summed E-state index contributed by atoms with van der Waals surface area (Å²) >= 11 is 0. The number of ether oxygens (including phenoxy) is 1. The van der Waals surface area contributed by atoms with Crippen molar-refractivity contribution >= 4 is 23.2 Å². The molecule has 1 heterocycles. The molecule has 3 rings (SSSR count). The van der Waals surface area contributed by atoms with Crippen LogP contribution < -0.4 is 20.9 Å². The molecular weight excluding hydrogens is 408 g/mol. The van der Waals surface area contributed by atoms with Gasteiger partial charge in [-0.15, -0.1) is 0 Å². The van der Waals surface area contributed by atoms with Crippen LogP contribution in [0.1, 0.15) is 26.7 Å². The summed E-state index contributed by atoms with van der Waals surface area (Å²) in [7, 11) is 0. The first-order valence-corrected chi connectivity index (χ1v) is 10.4. The van der Waals surface area contributed by atoms with E-state index < -0.39 is 0 Å². The first kappa shape index (κ1) is 22.7. The van der Waals surface area contributed by atoms with E-state index in [0.29, 0.717) is 36.6 Å². The first-order valence-electron chi connectivity index (χ1n) is 10.4. The second-order valence-electron chi connectivity index (χ2n) is 7.15. The minimum Gasteiger partial charge on any atom is -0.494 e. The number of hydrogen-bond donors (Lipinski definition) is 2. The van der Waals surface area contributed by atoms with Gasteiger partial charge in [-0.3, -0.25) is 14.4 Å². The number of carbonyl (C=O) groups excluding carboxylic acids is 2. The molecule has 0 aliphatic carbocycles. The van der Waals surface area contributed by atoms with Gasteiger partial charge >= 0.3 is 0 Å². The summed E-state index contributed by atoms with van der Waals surface area (Å²) in [6, 6.07) is 17.6. The number of carbonyl (C=O) groups is 2. The molecule has 0 radical (unpaired) electrons. The van der Waals surface area contributed by atoms with Gasteiger partial charge in [-0.05, 0) is 67.9 Å². The average Bonchev–Trinajstić information content (AvgIpc) is 2.77. The molecule has 0 saturated heterocycles. The smallest absolute Gasteiger partial charge is 0.266 e. The van der Waals surface area contributed by atoms with Crippen LogP contribution in [0.5, 0.6) is 5.75 Å². The van der Waals surface area contributed by atoms with Crippen LogP contribution in [0, 0.1) is 0 Å². The van der Waals surface area contributed by atoms with Gasteiger partial charge in [0, 0.05) is 42.9 Å². The molecule has 0 saturated carbocycles. The Kier molecular flexibility index (Phi) is 7.75. The van der Waals surface area contributed by atoms with E-state index in [1.54, 1.807) is 30.3 Å². The van der Waals surface area contributed by atoms with Gasteiger partial charge in [0.05, 0.1) is 12.3 Å². The Bertz CT molecular complexity index is 1120. The zero-order valence-corrected chi connectivity index (χ0v) is 18.1. The summed E-state index contributed by atoms with van der Waals surface area (Å²) in [5.41, 5.74) is 2.64. The molecule has 2 amide bonds. The monoisotopic (exact) mass is 434 g/mol. The molecule has 0 aliphatic rings. The highest BCUT2D eigenvalue weighted by atomic mass is 16.5. The highest BCUT2D eigenvalue weighted by molar-refractivity contribution is 5.92.